The zero-order valence-corrected chi connectivity index (χ0v) is 14.4. The van der Waals surface area contributed by atoms with E-state index in [0.29, 0.717) is 29.6 Å². The molecule has 1 aliphatic rings. The molecule has 23 heavy (non-hydrogen) atoms. The third-order valence-corrected chi connectivity index (χ3v) is 4.41. The van der Waals surface area contributed by atoms with Crippen molar-refractivity contribution in [2.24, 2.45) is 5.92 Å². The van der Waals surface area contributed by atoms with Crippen LogP contribution in [-0.2, 0) is 19.5 Å². The van der Waals surface area contributed by atoms with Crippen molar-refractivity contribution in [1.29, 1.82) is 0 Å². The number of hydrogen-bond acceptors (Lipinski definition) is 3. The highest BCUT2D eigenvalue weighted by Gasteiger charge is 2.26. The van der Waals surface area contributed by atoms with E-state index >= 15 is 0 Å². The average Bonchev–Trinajstić information content (AvgIpc) is 2.92. The molecular formula is C18H20ClN3O. The molecule has 0 atom stereocenters. The summed E-state index contributed by atoms with van der Waals surface area (Å²) >= 11 is 6.13. The predicted molar refractivity (Wildman–Crippen MR) is 90.3 cm³/mol. The van der Waals surface area contributed by atoms with Crippen LogP contribution in [0.1, 0.15) is 46.9 Å². The second kappa shape index (κ2) is 6.28. The lowest BCUT2D eigenvalue weighted by atomic mass is 10.1. The quantitative estimate of drug-likeness (QED) is 0.860. The van der Waals surface area contributed by atoms with Gasteiger partial charge in [0.25, 0.3) is 5.91 Å². The van der Waals surface area contributed by atoms with Gasteiger partial charge < -0.3 is 4.90 Å². The standard InChI is InChI=1S/C18H20ClN3O/c1-11(2)6-17-20-8-14-9-22(10-16(14)21-17)18(23)13-5-4-12(3)15(19)7-13/h4-5,7-8,11H,6,9-10H2,1-3H3. The summed E-state index contributed by atoms with van der Waals surface area (Å²) < 4.78 is 0. The Labute approximate surface area is 141 Å². The van der Waals surface area contributed by atoms with Crippen molar-refractivity contribution in [2.75, 3.05) is 0 Å². The Kier molecular flexibility index (Phi) is 4.35. The zero-order chi connectivity index (χ0) is 16.6. The van der Waals surface area contributed by atoms with E-state index in [-0.39, 0.29) is 5.91 Å². The largest absolute Gasteiger partial charge is 0.328 e. The van der Waals surface area contributed by atoms with Crippen LogP contribution in [-0.4, -0.2) is 20.8 Å². The van der Waals surface area contributed by atoms with Gasteiger partial charge in [-0.15, -0.1) is 0 Å². The first kappa shape index (κ1) is 15.9. The monoisotopic (exact) mass is 329 g/mol. The molecule has 1 aliphatic heterocycles. The normalized spacial score (nSPS) is 13.5. The third kappa shape index (κ3) is 3.37. The maximum atomic E-state index is 12.7. The first-order valence-corrected chi connectivity index (χ1v) is 8.21. The Morgan fingerprint density at radius 1 is 1.35 bits per heavy atom. The van der Waals surface area contributed by atoms with Crippen molar-refractivity contribution in [3.05, 3.63) is 57.6 Å². The highest BCUT2D eigenvalue weighted by molar-refractivity contribution is 6.31. The summed E-state index contributed by atoms with van der Waals surface area (Å²) in [5.41, 5.74) is 3.58. The van der Waals surface area contributed by atoms with E-state index in [0.717, 1.165) is 29.1 Å². The molecule has 0 radical (unpaired) electrons. The maximum absolute atomic E-state index is 12.7. The van der Waals surface area contributed by atoms with Crippen molar-refractivity contribution in [3.63, 3.8) is 0 Å². The molecule has 4 nitrogen and oxygen atoms in total. The lowest BCUT2D eigenvalue weighted by Crippen LogP contribution is -2.25. The molecule has 0 saturated carbocycles. The van der Waals surface area contributed by atoms with Gasteiger partial charge in [-0.1, -0.05) is 31.5 Å². The van der Waals surface area contributed by atoms with Crippen LogP contribution in [0, 0.1) is 12.8 Å². The highest BCUT2D eigenvalue weighted by atomic mass is 35.5. The third-order valence-electron chi connectivity index (χ3n) is 4.00. The summed E-state index contributed by atoms with van der Waals surface area (Å²) in [5, 5.41) is 0.617. The molecule has 1 aromatic heterocycles. The number of halogens is 1. The molecular weight excluding hydrogens is 310 g/mol. The number of aromatic nitrogens is 2. The SMILES string of the molecule is Cc1ccc(C(=O)N2Cc3cnc(CC(C)C)nc3C2)cc1Cl. The predicted octanol–water partition coefficient (Wildman–Crippen LogP) is 3.79. The molecule has 0 bridgehead atoms. The van der Waals surface area contributed by atoms with Gasteiger partial charge in [-0.2, -0.15) is 0 Å². The van der Waals surface area contributed by atoms with Crippen LogP contribution >= 0.6 is 11.6 Å². The van der Waals surface area contributed by atoms with E-state index in [2.05, 4.69) is 23.8 Å². The summed E-state index contributed by atoms with van der Waals surface area (Å²) in [6.45, 7) is 7.31. The lowest BCUT2D eigenvalue weighted by Gasteiger charge is -2.15. The van der Waals surface area contributed by atoms with Crippen molar-refractivity contribution in [2.45, 2.75) is 40.3 Å². The molecule has 120 valence electrons. The van der Waals surface area contributed by atoms with Crippen LogP contribution < -0.4 is 0 Å². The average molecular weight is 330 g/mol. The first-order chi connectivity index (χ1) is 10.9. The minimum Gasteiger partial charge on any atom is -0.328 e. The molecule has 0 aliphatic carbocycles. The number of fused-ring (bicyclic) bond motifs is 1. The Balaban J connectivity index is 1.78. The van der Waals surface area contributed by atoms with E-state index in [1.54, 1.807) is 11.0 Å². The first-order valence-electron chi connectivity index (χ1n) is 7.83. The van der Waals surface area contributed by atoms with E-state index in [4.69, 9.17) is 11.6 Å². The molecule has 5 heteroatoms. The Morgan fingerprint density at radius 3 is 2.83 bits per heavy atom. The van der Waals surface area contributed by atoms with Crippen LogP contribution in [0.15, 0.2) is 24.4 Å². The smallest absolute Gasteiger partial charge is 0.254 e. The molecule has 2 heterocycles. The minimum absolute atomic E-state index is 0.0182. The molecule has 1 aromatic carbocycles. The van der Waals surface area contributed by atoms with Gasteiger partial charge in [-0.05, 0) is 30.5 Å². The molecule has 0 fully saturated rings. The molecule has 0 spiro atoms. The van der Waals surface area contributed by atoms with Crippen molar-refractivity contribution < 1.29 is 4.79 Å². The Hall–Kier alpha value is -1.94. The maximum Gasteiger partial charge on any atom is 0.254 e. The number of nitrogens with zero attached hydrogens (tertiary/aromatic N) is 3. The van der Waals surface area contributed by atoms with Crippen molar-refractivity contribution in [3.8, 4) is 0 Å². The highest BCUT2D eigenvalue weighted by Crippen LogP contribution is 2.24. The van der Waals surface area contributed by atoms with Gasteiger partial charge in [0.2, 0.25) is 0 Å². The number of rotatable bonds is 3. The summed E-state index contributed by atoms with van der Waals surface area (Å²) in [6, 6.07) is 5.43. The number of aryl methyl sites for hydroxylation is 1. The van der Waals surface area contributed by atoms with Gasteiger partial charge in [-0.3, -0.25) is 4.79 Å². The fourth-order valence-electron chi connectivity index (χ4n) is 2.71. The Bertz CT molecular complexity index is 758. The molecule has 0 N–H and O–H groups in total. The van der Waals surface area contributed by atoms with Crippen LogP contribution in [0.4, 0.5) is 0 Å². The molecule has 1 amide bonds. The second-order valence-corrected chi connectivity index (χ2v) is 6.89. The van der Waals surface area contributed by atoms with Gasteiger partial charge in [-0.25, -0.2) is 9.97 Å². The van der Waals surface area contributed by atoms with E-state index in [9.17, 15) is 4.79 Å². The molecule has 3 rings (SSSR count). The zero-order valence-electron chi connectivity index (χ0n) is 13.6. The Morgan fingerprint density at radius 2 is 2.13 bits per heavy atom. The fourth-order valence-corrected chi connectivity index (χ4v) is 2.89. The molecule has 2 aromatic rings. The van der Waals surface area contributed by atoms with E-state index in [1.807, 2.05) is 25.3 Å². The number of carbonyl (C=O) groups excluding carboxylic acids is 1. The number of amides is 1. The van der Waals surface area contributed by atoms with Gasteiger partial charge in [0.1, 0.15) is 5.82 Å². The number of benzene rings is 1. The summed E-state index contributed by atoms with van der Waals surface area (Å²) in [7, 11) is 0. The van der Waals surface area contributed by atoms with Gasteiger partial charge >= 0.3 is 0 Å². The van der Waals surface area contributed by atoms with E-state index < -0.39 is 0 Å². The summed E-state index contributed by atoms with van der Waals surface area (Å²) in [5.74, 6) is 1.35. The number of hydrogen-bond donors (Lipinski definition) is 0. The molecule has 0 unspecified atom stereocenters. The van der Waals surface area contributed by atoms with Crippen LogP contribution in [0.2, 0.25) is 5.02 Å². The number of carbonyl (C=O) groups is 1. The minimum atomic E-state index is -0.0182. The van der Waals surface area contributed by atoms with Gasteiger partial charge in [0.15, 0.2) is 0 Å². The molecule has 0 saturated heterocycles. The van der Waals surface area contributed by atoms with Crippen LogP contribution in [0.3, 0.4) is 0 Å². The van der Waals surface area contributed by atoms with Crippen LogP contribution in [0.25, 0.3) is 0 Å². The van der Waals surface area contributed by atoms with Gasteiger partial charge in [0, 0.05) is 35.3 Å². The van der Waals surface area contributed by atoms with Crippen molar-refractivity contribution in [1.82, 2.24) is 14.9 Å². The summed E-state index contributed by atoms with van der Waals surface area (Å²) in [4.78, 5) is 23.5. The van der Waals surface area contributed by atoms with E-state index in [1.165, 1.54) is 0 Å². The topological polar surface area (TPSA) is 46.1 Å². The lowest BCUT2D eigenvalue weighted by molar-refractivity contribution is 0.0750. The van der Waals surface area contributed by atoms with Crippen molar-refractivity contribution >= 4 is 17.5 Å². The second-order valence-electron chi connectivity index (χ2n) is 6.48. The summed E-state index contributed by atoms with van der Waals surface area (Å²) in [6.07, 6.45) is 2.71. The van der Waals surface area contributed by atoms with Gasteiger partial charge in [0.05, 0.1) is 12.2 Å². The van der Waals surface area contributed by atoms with Crippen LogP contribution in [0.5, 0.6) is 0 Å². The fraction of sp³-hybridized carbons (Fsp3) is 0.389.